The van der Waals surface area contributed by atoms with Gasteiger partial charge in [-0.25, -0.2) is 5.43 Å². The van der Waals surface area contributed by atoms with Gasteiger partial charge < -0.3 is 0 Å². The minimum atomic E-state index is -0.200. The van der Waals surface area contributed by atoms with Gasteiger partial charge in [-0.15, -0.1) is 0 Å². The third-order valence-electron chi connectivity index (χ3n) is 5.00. The molecule has 3 heterocycles. The van der Waals surface area contributed by atoms with Crippen LogP contribution in [0.15, 0.2) is 52.8 Å². The summed E-state index contributed by atoms with van der Waals surface area (Å²) in [5.74, 6) is 0.0814. The Morgan fingerprint density at radius 1 is 1.12 bits per heavy atom. The van der Waals surface area contributed by atoms with Crippen LogP contribution < -0.4 is 5.43 Å². The number of benzene rings is 1. The van der Waals surface area contributed by atoms with Crippen molar-refractivity contribution in [1.82, 2.24) is 10.4 Å². The van der Waals surface area contributed by atoms with E-state index < -0.39 is 0 Å². The van der Waals surface area contributed by atoms with Crippen LogP contribution in [0.5, 0.6) is 0 Å². The summed E-state index contributed by atoms with van der Waals surface area (Å²) in [6, 6.07) is 10.2. The van der Waals surface area contributed by atoms with E-state index in [-0.39, 0.29) is 17.2 Å². The second kappa shape index (κ2) is 5.62. The Bertz CT molecular complexity index is 913. The summed E-state index contributed by atoms with van der Waals surface area (Å²) in [7, 11) is 0. The van der Waals surface area contributed by atoms with E-state index in [9.17, 15) is 4.79 Å². The molecule has 1 aromatic heterocycles. The standard InChI is InChI=1S/C20H20N4O/c1-12-10-17(25)23-24-18(12)14-4-5-16-15(11-14)20(2,3)19(22-16)13-6-8-21-9-7-13/h4-9,11-12H,10H2,1-3H3,(H,23,25). The molecule has 5 heteroatoms. The molecule has 0 saturated heterocycles. The molecule has 0 spiro atoms. The van der Waals surface area contributed by atoms with Crippen molar-refractivity contribution in [3.05, 3.63) is 59.4 Å². The summed E-state index contributed by atoms with van der Waals surface area (Å²) in [6.07, 6.45) is 4.06. The fraction of sp³-hybridized carbons (Fsp3) is 0.300. The molecule has 0 bridgehead atoms. The Hall–Kier alpha value is -2.82. The van der Waals surface area contributed by atoms with Gasteiger partial charge in [-0.3, -0.25) is 14.8 Å². The topological polar surface area (TPSA) is 66.7 Å². The van der Waals surface area contributed by atoms with E-state index in [4.69, 9.17) is 4.99 Å². The number of hydrazone groups is 1. The number of amides is 1. The predicted molar refractivity (Wildman–Crippen MR) is 98.4 cm³/mol. The Balaban J connectivity index is 1.75. The highest BCUT2D eigenvalue weighted by Gasteiger charge is 2.36. The van der Waals surface area contributed by atoms with Crippen molar-refractivity contribution >= 4 is 23.0 Å². The third-order valence-corrected chi connectivity index (χ3v) is 5.00. The largest absolute Gasteiger partial charge is 0.273 e. The second-order valence-electron chi connectivity index (χ2n) is 7.19. The zero-order valence-corrected chi connectivity index (χ0v) is 14.6. The van der Waals surface area contributed by atoms with Crippen molar-refractivity contribution in [2.75, 3.05) is 0 Å². The molecule has 25 heavy (non-hydrogen) atoms. The molecule has 0 radical (unpaired) electrons. The second-order valence-corrected chi connectivity index (χ2v) is 7.19. The molecule has 2 aromatic rings. The fourth-order valence-corrected chi connectivity index (χ4v) is 3.62. The number of fused-ring (bicyclic) bond motifs is 1. The monoisotopic (exact) mass is 332 g/mol. The number of hydrogen-bond donors (Lipinski definition) is 1. The first kappa shape index (κ1) is 15.7. The third kappa shape index (κ3) is 2.56. The summed E-state index contributed by atoms with van der Waals surface area (Å²) < 4.78 is 0. The molecule has 1 N–H and O–H groups in total. The minimum absolute atomic E-state index is 0.0268. The Morgan fingerprint density at radius 3 is 2.60 bits per heavy atom. The van der Waals surface area contributed by atoms with E-state index in [1.54, 1.807) is 12.4 Å². The van der Waals surface area contributed by atoms with E-state index in [1.807, 2.05) is 31.2 Å². The molecule has 0 fully saturated rings. The van der Waals surface area contributed by atoms with Crippen LogP contribution in [0.1, 0.15) is 43.9 Å². The van der Waals surface area contributed by atoms with Crippen molar-refractivity contribution in [3.8, 4) is 0 Å². The number of carbonyl (C=O) groups excluding carboxylic acids is 1. The maximum absolute atomic E-state index is 11.5. The van der Waals surface area contributed by atoms with Gasteiger partial charge in [0.1, 0.15) is 0 Å². The summed E-state index contributed by atoms with van der Waals surface area (Å²) in [6.45, 7) is 6.42. The van der Waals surface area contributed by atoms with Gasteiger partial charge in [-0.1, -0.05) is 26.8 Å². The normalized spacial score (nSPS) is 21.2. The number of rotatable bonds is 2. The molecule has 1 amide bonds. The lowest BCUT2D eigenvalue weighted by Crippen LogP contribution is -2.32. The number of nitrogens with one attached hydrogen (secondary N) is 1. The van der Waals surface area contributed by atoms with Crippen molar-refractivity contribution in [2.24, 2.45) is 16.0 Å². The van der Waals surface area contributed by atoms with E-state index in [2.05, 4.69) is 35.4 Å². The predicted octanol–water partition coefficient (Wildman–Crippen LogP) is 3.35. The quantitative estimate of drug-likeness (QED) is 0.916. The zero-order chi connectivity index (χ0) is 17.6. The molecular formula is C20H20N4O. The van der Waals surface area contributed by atoms with Gasteiger partial charge in [-0.05, 0) is 41.0 Å². The first-order valence-electron chi connectivity index (χ1n) is 8.47. The number of nitrogens with zero attached hydrogens (tertiary/aromatic N) is 3. The van der Waals surface area contributed by atoms with Gasteiger partial charge >= 0.3 is 0 Å². The van der Waals surface area contributed by atoms with Crippen LogP contribution in [-0.2, 0) is 10.2 Å². The maximum atomic E-state index is 11.5. The average Bonchev–Trinajstić information content (AvgIpc) is 2.86. The molecule has 1 atom stereocenters. The van der Waals surface area contributed by atoms with Crippen LogP contribution in [0.4, 0.5) is 5.69 Å². The number of hydrogen-bond acceptors (Lipinski definition) is 4. The Kier molecular flexibility index (Phi) is 3.53. The zero-order valence-electron chi connectivity index (χ0n) is 14.6. The first-order valence-corrected chi connectivity index (χ1v) is 8.47. The lowest BCUT2D eigenvalue weighted by molar-refractivity contribution is -0.121. The van der Waals surface area contributed by atoms with Crippen LogP contribution in [0.2, 0.25) is 0 Å². The summed E-state index contributed by atoms with van der Waals surface area (Å²) in [4.78, 5) is 20.5. The van der Waals surface area contributed by atoms with Gasteiger partial charge in [-0.2, -0.15) is 5.10 Å². The van der Waals surface area contributed by atoms with Gasteiger partial charge in [0.15, 0.2) is 0 Å². The van der Waals surface area contributed by atoms with Crippen LogP contribution in [0, 0.1) is 5.92 Å². The van der Waals surface area contributed by atoms with Crippen molar-refractivity contribution < 1.29 is 4.79 Å². The summed E-state index contributed by atoms with van der Waals surface area (Å²) >= 11 is 0. The summed E-state index contributed by atoms with van der Waals surface area (Å²) in [5.41, 5.74) is 8.69. The maximum Gasteiger partial charge on any atom is 0.240 e. The number of pyridine rings is 1. The SMILES string of the molecule is CC1CC(=O)NN=C1c1ccc2c(c1)C(C)(C)C(c1ccncc1)=N2. The highest BCUT2D eigenvalue weighted by Crippen LogP contribution is 2.42. The number of aromatic nitrogens is 1. The van der Waals surface area contributed by atoms with Crippen molar-refractivity contribution in [1.29, 1.82) is 0 Å². The molecular weight excluding hydrogens is 312 g/mol. The molecule has 2 aliphatic rings. The summed E-state index contributed by atoms with van der Waals surface area (Å²) in [5, 5.41) is 4.28. The van der Waals surface area contributed by atoms with Crippen LogP contribution >= 0.6 is 0 Å². The molecule has 5 nitrogen and oxygen atoms in total. The molecule has 1 aromatic carbocycles. The van der Waals surface area contributed by atoms with E-state index >= 15 is 0 Å². The van der Waals surface area contributed by atoms with Gasteiger partial charge in [0.25, 0.3) is 0 Å². The van der Waals surface area contributed by atoms with Crippen molar-refractivity contribution in [2.45, 2.75) is 32.6 Å². The van der Waals surface area contributed by atoms with E-state index in [0.29, 0.717) is 6.42 Å². The van der Waals surface area contributed by atoms with E-state index in [1.165, 1.54) is 5.56 Å². The molecule has 0 saturated carbocycles. The smallest absolute Gasteiger partial charge is 0.240 e. The fourth-order valence-electron chi connectivity index (χ4n) is 3.62. The lowest BCUT2D eigenvalue weighted by Gasteiger charge is -2.24. The van der Waals surface area contributed by atoms with E-state index in [0.717, 1.165) is 28.2 Å². The van der Waals surface area contributed by atoms with Crippen LogP contribution in [0.25, 0.3) is 0 Å². The first-order chi connectivity index (χ1) is 12.0. The van der Waals surface area contributed by atoms with Gasteiger partial charge in [0.2, 0.25) is 5.91 Å². The van der Waals surface area contributed by atoms with Gasteiger partial charge in [0, 0.05) is 30.1 Å². The highest BCUT2D eigenvalue weighted by molar-refractivity contribution is 6.13. The van der Waals surface area contributed by atoms with Crippen LogP contribution in [0.3, 0.4) is 0 Å². The average molecular weight is 332 g/mol. The van der Waals surface area contributed by atoms with Gasteiger partial charge in [0.05, 0.1) is 17.1 Å². The Labute approximate surface area is 146 Å². The molecule has 0 aliphatic carbocycles. The number of carbonyl (C=O) groups is 1. The number of aliphatic imine (C=N–C) groups is 1. The molecule has 4 rings (SSSR count). The Morgan fingerprint density at radius 2 is 1.88 bits per heavy atom. The van der Waals surface area contributed by atoms with Crippen molar-refractivity contribution in [3.63, 3.8) is 0 Å². The lowest BCUT2D eigenvalue weighted by atomic mass is 9.78. The highest BCUT2D eigenvalue weighted by atomic mass is 16.2. The molecule has 1 unspecified atom stereocenters. The molecule has 2 aliphatic heterocycles. The van der Waals surface area contributed by atoms with Crippen LogP contribution in [-0.4, -0.2) is 22.3 Å². The minimum Gasteiger partial charge on any atom is -0.273 e. The molecule has 126 valence electrons.